The molecule has 0 fully saturated rings. The molecule has 0 radical (unpaired) electrons. The zero-order valence-electron chi connectivity index (χ0n) is 11.8. The maximum atomic E-state index is 11.3. The van der Waals surface area contributed by atoms with Gasteiger partial charge in [-0.05, 0) is 13.0 Å². The fraction of sp³-hybridized carbons (Fsp3) is 0.538. The van der Waals surface area contributed by atoms with E-state index >= 15 is 0 Å². The molecule has 0 amide bonds. The van der Waals surface area contributed by atoms with Crippen molar-refractivity contribution in [1.82, 2.24) is 0 Å². The first-order valence-electron chi connectivity index (χ1n) is 6.19. The fourth-order valence-electron chi connectivity index (χ4n) is 1.07. The van der Waals surface area contributed by atoms with E-state index in [0.29, 0.717) is 0 Å². The highest BCUT2D eigenvalue weighted by atomic mass is 17.2. The molecule has 0 rings (SSSR count). The average Bonchev–Trinajstić information content (AvgIpc) is 2.47. The van der Waals surface area contributed by atoms with Crippen LogP contribution in [0.5, 0.6) is 0 Å². The molecule has 0 aliphatic carbocycles. The lowest BCUT2D eigenvalue weighted by Crippen LogP contribution is -2.18. The maximum absolute atomic E-state index is 11.3. The highest BCUT2D eigenvalue weighted by Gasteiger charge is 2.12. The zero-order chi connectivity index (χ0) is 16.1. The van der Waals surface area contributed by atoms with Crippen molar-refractivity contribution in [1.29, 1.82) is 0 Å². The van der Waals surface area contributed by atoms with E-state index in [-0.39, 0.29) is 38.6 Å². The molecule has 0 heterocycles. The maximum Gasteiger partial charge on any atom is 0.381 e. The molecule has 0 aliphatic heterocycles. The number of ether oxygens (including phenoxy) is 2. The van der Waals surface area contributed by atoms with Gasteiger partial charge in [0.05, 0.1) is 39.1 Å². The first-order valence-corrected chi connectivity index (χ1v) is 6.19. The van der Waals surface area contributed by atoms with Crippen molar-refractivity contribution >= 4 is 11.9 Å². The molecule has 0 saturated heterocycles. The second kappa shape index (κ2) is 12.0. The first-order chi connectivity index (χ1) is 10.0. The van der Waals surface area contributed by atoms with Gasteiger partial charge in [-0.2, -0.15) is 0 Å². The second-order valence-electron chi connectivity index (χ2n) is 3.81. The molecule has 1 unspecified atom stereocenters. The van der Waals surface area contributed by atoms with E-state index in [4.69, 9.17) is 14.6 Å². The van der Waals surface area contributed by atoms with E-state index in [1.807, 2.05) is 0 Å². The summed E-state index contributed by atoms with van der Waals surface area (Å²) in [6.45, 7) is 5.16. The second-order valence-corrected chi connectivity index (χ2v) is 3.81. The van der Waals surface area contributed by atoms with Crippen LogP contribution in [0.1, 0.15) is 6.92 Å². The Bertz CT molecular complexity index is 363. The standard InChI is InChI=1S/C13H20O8/c1-3-12(16)20-21-13(17)10(2)8-11(15)9-19-7-6-18-5-4-14/h3,8,11,14-15H,1,4-7,9H2,2H3/b10-8+. The Morgan fingerprint density at radius 1 is 1.19 bits per heavy atom. The Kier molecular flexibility index (Phi) is 11.0. The molecule has 0 aliphatic rings. The van der Waals surface area contributed by atoms with Crippen molar-refractivity contribution in [3.05, 3.63) is 24.3 Å². The summed E-state index contributed by atoms with van der Waals surface area (Å²) in [6.07, 6.45) is 1.03. The van der Waals surface area contributed by atoms with Crippen LogP contribution in [-0.2, 0) is 28.8 Å². The van der Waals surface area contributed by atoms with Gasteiger partial charge >= 0.3 is 11.9 Å². The number of carbonyl (C=O) groups excluding carboxylic acids is 2. The third-order valence-corrected chi connectivity index (χ3v) is 2.03. The Morgan fingerprint density at radius 3 is 2.48 bits per heavy atom. The van der Waals surface area contributed by atoms with Gasteiger partial charge in [0.2, 0.25) is 0 Å². The molecule has 120 valence electrons. The molecule has 8 heteroatoms. The summed E-state index contributed by atoms with van der Waals surface area (Å²) in [5.41, 5.74) is 0.0551. The molecule has 21 heavy (non-hydrogen) atoms. The SMILES string of the molecule is C=CC(=O)OOC(=O)/C(C)=C/C(O)COCCOCCO. The molecule has 0 bridgehead atoms. The molecule has 0 aromatic rings. The normalized spacial score (nSPS) is 12.6. The lowest BCUT2D eigenvalue weighted by molar-refractivity contribution is -0.251. The van der Waals surface area contributed by atoms with Gasteiger partial charge in [-0.25, -0.2) is 19.4 Å². The molecule has 0 aromatic carbocycles. The molecule has 8 nitrogen and oxygen atoms in total. The van der Waals surface area contributed by atoms with Crippen LogP contribution in [0.15, 0.2) is 24.3 Å². The molecule has 0 spiro atoms. The van der Waals surface area contributed by atoms with Crippen molar-refractivity contribution in [3.63, 3.8) is 0 Å². The lowest BCUT2D eigenvalue weighted by Gasteiger charge is -2.08. The molecule has 0 aromatic heterocycles. The van der Waals surface area contributed by atoms with E-state index < -0.39 is 18.0 Å². The first kappa shape index (κ1) is 19.3. The quantitative estimate of drug-likeness (QED) is 0.241. The number of aliphatic hydroxyl groups excluding tert-OH is 2. The molecule has 0 saturated carbocycles. The van der Waals surface area contributed by atoms with Crippen LogP contribution in [0.3, 0.4) is 0 Å². The number of rotatable bonds is 10. The predicted molar refractivity (Wildman–Crippen MR) is 70.9 cm³/mol. The van der Waals surface area contributed by atoms with Gasteiger partial charge in [-0.1, -0.05) is 6.58 Å². The molecule has 2 N–H and O–H groups in total. The van der Waals surface area contributed by atoms with Crippen molar-refractivity contribution in [3.8, 4) is 0 Å². The summed E-state index contributed by atoms with van der Waals surface area (Å²) in [7, 11) is 0. The highest BCUT2D eigenvalue weighted by Crippen LogP contribution is 2.01. The van der Waals surface area contributed by atoms with Crippen molar-refractivity contribution < 1.29 is 39.1 Å². The van der Waals surface area contributed by atoms with E-state index in [1.165, 1.54) is 13.0 Å². The zero-order valence-corrected chi connectivity index (χ0v) is 11.8. The Morgan fingerprint density at radius 2 is 1.86 bits per heavy atom. The summed E-state index contributed by atoms with van der Waals surface area (Å²) >= 11 is 0. The van der Waals surface area contributed by atoms with Gasteiger partial charge in [0.15, 0.2) is 0 Å². The fourth-order valence-corrected chi connectivity index (χ4v) is 1.07. The van der Waals surface area contributed by atoms with Gasteiger partial charge in [0.25, 0.3) is 0 Å². The predicted octanol–water partition coefficient (Wildman–Crippen LogP) is -0.494. The van der Waals surface area contributed by atoms with Crippen LogP contribution in [-0.4, -0.2) is 61.3 Å². The van der Waals surface area contributed by atoms with Gasteiger partial charge in [-0.15, -0.1) is 0 Å². The van der Waals surface area contributed by atoms with Crippen LogP contribution >= 0.6 is 0 Å². The Hall–Kier alpha value is -1.74. The summed E-state index contributed by atoms with van der Waals surface area (Å²) in [4.78, 5) is 30.3. The van der Waals surface area contributed by atoms with Crippen molar-refractivity contribution in [2.45, 2.75) is 13.0 Å². The van der Waals surface area contributed by atoms with E-state index in [1.54, 1.807) is 0 Å². The highest BCUT2D eigenvalue weighted by molar-refractivity contribution is 5.88. The monoisotopic (exact) mass is 304 g/mol. The minimum atomic E-state index is -1.02. The largest absolute Gasteiger partial charge is 0.394 e. The van der Waals surface area contributed by atoms with Crippen LogP contribution in [0.25, 0.3) is 0 Å². The van der Waals surface area contributed by atoms with Crippen molar-refractivity contribution in [2.24, 2.45) is 0 Å². The van der Waals surface area contributed by atoms with Gasteiger partial charge in [0.1, 0.15) is 0 Å². The van der Waals surface area contributed by atoms with Crippen LogP contribution in [0, 0.1) is 0 Å². The van der Waals surface area contributed by atoms with Crippen LogP contribution in [0.4, 0.5) is 0 Å². The van der Waals surface area contributed by atoms with Crippen molar-refractivity contribution in [2.75, 3.05) is 33.0 Å². The lowest BCUT2D eigenvalue weighted by atomic mass is 10.2. The Balaban J connectivity index is 3.92. The van der Waals surface area contributed by atoms with Gasteiger partial charge in [0, 0.05) is 11.6 Å². The molecular formula is C13H20O8. The van der Waals surface area contributed by atoms with E-state index in [9.17, 15) is 14.7 Å². The van der Waals surface area contributed by atoms with E-state index in [0.717, 1.165) is 6.08 Å². The number of aliphatic hydroxyl groups is 2. The van der Waals surface area contributed by atoms with Gasteiger partial charge < -0.3 is 19.7 Å². The van der Waals surface area contributed by atoms with E-state index in [2.05, 4.69) is 16.4 Å². The third kappa shape index (κ3) is 10.7. The molecular weight excluding hydrogens is 284 g/mol. The topological polar surface area (TPSA) is 112 Å². The number of carbonyl (C=O) groups is 2. The summed E-state index contributed by atoms with van der Waals surface area (Å²) in [5.74, 6) is -1.81. The van der Waals surface area contributed by atoms with Gasteiger partial charge in [-0.3, -0.25) is 0 Å². The smallest absolute Gasteiger partial charge is 0.381 e. The minimum Gasteiger partial charge on any atom is -0.394 e. The minimum absolute atomic E-state index is 0.0421. The summed E-state index contributed by atoms with van der Waals surface area (Å²) in [6, 6.07) is 0. The summed E-state index contributed by atoms with van der Waals surface area (Å²) in [5, 5.41) is 18.0. The third-order valence-electron chi connectivity index (χ3n) is 2.03. The number of hydrogen-bond acceptors (Lipinski definition) is 8. The number of hydrogen-bond donors (Lipinski definition) is 2. The van der Waals surface area contributed by atoms with Crippen LogP contribution < -0.4 is 0 Å². The molecule has 1 atom stereocenters. The average molecular weight is 304 g/mol. The Labute approximate surface area is 122 Å². The van der Waals surface area contributed by atoms with Crippen LogP contribution in [0.2, 0.25) is 0 Å². The summed E-state index contributed by atoms with van der Waals surface area (Å²) < 4.78 is 10.0.